The first-order chi connectivity index (χ1) is 9.04. The van der Waals surface area contributed by atoms with Crippen LogP contribution in [-0.4, -0.2) is 52.0 Å². The molecule has 1 unspecified atom stereocenters. The van der Waals surface area contributed by atoms with Gasteiger partial charge in [-0.2, -0.15) is 0 Å². The summed E-state index contributed by atoms with van der Waals surface area (Å²) in [4.78, 5) is 24.2. The molecule has 0 aliphatic carbocycles. The standard InChI is InChI=1S/C11H14ClN3O4/c1-13-6-8(15(17)18)4-10(13)11(16)14-2-3-19-7-9(14)5-12/h4,6,9H,2-3,5,7H2,1H3. The van der Waals surface area contributed by atoms with Gasteiger partial charge in [-0.1, -0.05) is 0 Å². The molecule has 0 N–H and O–H groups in total. The van der Waals surface area contributed by atoms with Gasteiger partial charge in [-0.05, 0) is 0 Å². The molecular formula is C11H14ClN3O4. The van der Waals surface area contributed by atoms with Gasteiger partial charge in [0.05, 0.1) is 30.4 Å². The predicted octanol–water partition coefficient (Wildman–Crippen LogP) is 1.01. The fraction of sp³-hybridized carbons (Fsp3) is 0.545. The van der Waals surface area contributed by atoms with E-state index in [1.54, 1.807) is 11.9 Å². The van der Waals surface area contributed by atoms with Gasteiger partial charge in [0.25, 0.3) is 11.6 Å². The molecule has 0 radical (unpaired) electrons. The summed E-state index contributed by atoms with van der Waals surface area (Å²) in [6.45, 7) is 1.28. The van der Waals surface area contributed by atoms with Gasteiger partial charge in [-0.25, -0.2) is 0 Å². The molecule has 1 aliphatic rings. The zero-order valence-corrected chi connectivity index (χ0v) is 11.2. The van der Waals surface area contributed by atoms with Gasteiger partial charge >= 0.3 is 0 Å². The Morgan fingerprint density at radius 2 is 2.42 bits per heavy atom. The van der Waals surface area contributed by atoms with Crippen LogP contribution < -0.4 is 0 Å². The highest BCUT2D eigenvalue weighted by molar-refractivity contribution is 6.18. The Hall–Kier alpha value is -1.60. The minimum atomic E-state index is -0.519. The minimum absolute atomic E-state index is 0.0958. The second-order valence-corrected chi connectivity index (χ2v) is 4.64. The second-order valence-electron chi connectivity index (χ2n) is 4.33. The molecule has 1 aliphatic heterocycles. The Labute approximate surface area is 114 Å². The SMILES string of the molecule is Cn1cc([N+](=O)[O-])cc1C(=O)N1CCOCC1CCl. The molecule has 1 aromatic heterocycles. The van der Waals surface area contributed by atoms with Crippen LogP contribution in [0.4, 0.5) is 5.69 Å². The summed E-state index contributed by atoms with van der Waals surface area (Å²) in [6, 6.07) is 1.08. The molecule has 0 saturated carbocycles. The summed E-state index contributed by atoms with van der Waals surface area (Å²) >= 11 is 5.81. The normalized spacial score (nSPS) is 19.5. The molecule has 7 nitrogen and oxygen atoms in total. The number of halogens is 1. The number of hydrogen-bond donors (Lipinski definition) is 0. The van der Waals surface area contributed by atoms with E-state index in [2.05, 4.69) is 0 Å². The quantitative estimate of drug-likeness (QED) is 0.472. The first kappa shape index (κ1) is 13.8. The van der Waals surface area contributed by atoms with Crippen molar-refractivity contribution in [2.75, 3.05) is 25.6 Å². The average molecular weight is 288 g/mol. The van der Waals surface area contributed by atoms with E-state index in [1.807, 2.05) is 0 Å². The van der Waals surface area contributed by atoms with Crippen LogP contribution in [0.25, 0.3) is 0 Å². The van der Waals surface area contributed by atoms with Crippen molar-refractivity contribution in [3.8, 4) is 0 Å². The molecule has 8 heteroatoms. The number of alkyl halides is 1. The van der Waals surface area contributed by atoms with Crippen LogP contribution in [-0.2, 0) is 11.8 Å². The Morgan fingerprint density at radius 1 is 1.68 bits per heavy atom. The van der Waals surface area contributed by atoms with Crippen molar-refractivity contribution in [1.29, 1.82) is 0 Å². The van der Waals surface area contributed by atoms with E-state index in [4.69, 9.17) is 16.3 Å². The van der Waals surface area contributed by atoms with E-state index in [-0.39, 0.29) is 29.2 Å². The highest BCUT2D eigenvalue weighted by atomic mass is 35.5. The predicted molar refractivity (Wildman–Crippen MR) is 68.4 cm³/mol. The lowest BCUT2D eigenvalue weighted by Gasteiger charge is -2.34. The van der Waals surface area contributed by atoms with Crippen LogP contribution in [0.1, 0.15) is 10.5 Å². The van der Waals surface area contributed by atoms with Crippen molar-refractivity contribution in [3.05, 3.63) is 28.1 Å². The monoisotopic (exact) mass is 287 g/mol. The van der Waals surface area contributed by atoms with E-state index in [9.17, 15) is 14.9 Å². The summed E-state index contributed by atoms with van der Waals surface area (Å²) in [5, 5.41) is 10.7. The number of amides is 1. The molecule has 2 heterocycles. The summed E-state index contributed by atoms with van der Waals surface area (Å²) < 4.78 is 6.73. The first-order valence-electron chi connectivity index (χ1n) is 5.80. The summed E-state index contributed by atoms with van der Waals surface area (Å²) in [6.07, 6.45) is 1.32. The van der Waals surface area contributed by atoms with Crippen molar-refractivity contribution >= 4 is 23.2 Å². The topological polar surface area (TPSA) is 77.6 Å². The number of carbonyl (C=O) groups is 1. The van der Waals surface area contributed by atoms with E-state index in [0.717, 1.165) is 0 Å². The third kappa shape index (κ3) is 2.71. The van der Waals surface area contributed by atoms with Gasteiger partial charge in [0.15, 0.2) is 0 Å². The number of aryl methyl sites for hydroxylation is 1. The van der Waals surface area contributed by atoms with Crippen LogP contribution >= 0.6 is 11.6 Å². The molecular weight excluding hydrogens is 274 g/mol. The highest BCUT2D eigenvalue weighted by Gasteiger charge is 2.30. The number of hydrogen-bond acceptors (Lipinski definition) is 4. The lowest BCUT2D eigenvalue weighted by atomic mass is 10.2. The van der Waals surface area contributed by atoms with Gasteiger partial charge in [0, 0.05) is 25.5 Å². The molecule has 104 valence electrons. The zero-order chi connectivity index (χ0) is 14.0. The van der Waals surface area contributed by atoms with Crippen LogP contribution in [0.3, 0.4) is 0 Å². The number of nitrogens with zero attached hydrogens (tertiary/aromatic N) is 3. The van der Waals surface area contributed by atoms with Crippen molar-refractivity contribution in [2.24, 2.45) is 7.05 Å². The number of morpholine rings is 1. The molecule has 0 spiro atoms. The Balaban J connectivity index is 2.25. The van der Waals surface area contributed by atoms with Gasteiger partial charge < -0.3 is 14.2 Å². The Morgan fingerprint density at radius 3 is 3.00 bits per heavy atom. The van der Waals surface area contributed by atoms with Crippen LogP contribution in [0.2, 0.25) is 0 Å². The Bertz CT molecular complexity index is 502. The van der Waals surface area contributed by atoms with Gasteiger partial charge in [0.2, 0.25) is 0 Å². The maximum absolute atomic E-state index is 12.4. The van der Waals surface area contributed by atoms with Gasteiger partial charge in [-0.15, -0.1) is 11.6 Å². The average Bonchev–Trinajstić information content (AvgIpc) is 2.80. The molecule has 2 rings (SSSR count). The van der Waals surface area contributed by atoms with Crippen molar-refractivity contribution in [1.82, 2.24) is 9.47 Å². The summed E-state index contributed by atoms with van der Waals surface area (Å²) in [7, 11) is 1.61. The van der Waals surface area contributed by atoms with Crippen LogP contribution in [0, 0.1) is 10.1 Å². The minimum Gasteiger partial charge on any atom is -0.377 e. The van der Waals surface area contributed by atoms with E-state index >= 15 is 0 Å². The third-order valence-electron chi connectivity index (χ3n) is 3.09. The second kappa shape index (κ2) is 5.58. The molecule has 0 aromatic carbocycles. The fourth-order valence-electron chi connectivity index (χ4n) is 2.06. The number of nitro groups is 1. The van der Waals surface area contributed by atoms with E-state index < -0.39 is 4.92 Å². The molecule has 19 heavy (non-hydrogen) atoms. The number of ether oxygens (including phenoxy) is 1. The summed E-state index contributed by atoms with van der Waals surface area (Å²) in [5.74, 6) is 0.0164. The fourth-order valence-corrected chi connectivity index (χ4v) is 2.31. The third-order valence-corrected chi connectivity index (χ3v) is 3.44. The number of rotatable bonds is 3. The van der Waals surface area contributed by atoms with E-state index in [0.29, 0.717) is 19.8 Å². The van der Waals surface area contributed by atoms with Crippen molar-refractivity contribution in [2.45, 2.75) is 6.04 Å². The molecule has 1 atom stereocenters. The highest BCUT2D eigenvalue weighted by Crippen LogP contribution is 2.19. The first-order valence-corrected chi connectivity index (χ1v) is 6.33. The van der Waals surface area contributed by atoms with Gasteiger partial charge in [0.1, 0.15) is 5.69 Å². The molecule has 1 aromatic rings. The lowest BCUT2D eigenvalue weighted by molar-refractivity contribution is -0.384. The number of aromatic nitrogens is 1. The van der Waals surface area contributed by atoms with Crippen LogP contribution in [0.5, 0.6) is 0 Å². The zero-order valence-electron chi connectivity index (χ0n) is 10.4. The summed E-state index contributed by atoms with van der Waals surface area (Å²) in [5.41, 5.74) is 0.185. The van der Waals surface area contributed by atoms with Crippen molar-refractivity contribution < 1.29 is 14.5 Å². The smallest absolute Gasteiger partial charge is 0.287 e. The molecule has 1 saturated heterocycles. The molecule has 1 fully saturated rings. The molecule has 1 amide bonds. The van der Waals surface area contributed by atoms with Crippen molar-refractivity contribution in [3.63, 3.8) is 0 Å². The van der Waals surface area contributed by atoms with Gasteiger partial charge in [-0.3, -0.25) is 14.9 Å². The van der Waals surface area contributed by atoms with Crippen LogP contribution in [0.15, 0.2) is 12.3 Å². The molecule has 0 bridgehead atoms. The number of carbonyl (C=O) groups excluding carboxylic acids is 1. The van der Waals surface area contributed by atoms with E-state index in [1.165, 1.54) is 16.8 Å². The maximum Gasteiger partial charge on any atom is 0.287 e. The maximum atomic E-state index is 12.4. The Kier molecular flexibility index (Phi) is 4.06. The lowest BCUT2D eigenvalue weighted by Crippen LogP contribution is -2.50. The largest absolute Gasteiger partial charge is 0.377 e.